The van der Waals surface area contributed by atoms with Crippen LogP contribution in [-0.2, 0) is 37.5 Å². The van der Waals surface area contributed by atoms with Crippen LogP contribution in [0.5, 0.6) is 0 Å². The molecule has 1 amide bonds. The number of hydrogen-bond donors (Lipinski definition) is 9. The first-order chi connectivity index (χ1) is 36.6. The minimum Gasteiger partial charge on any atom is -0.751 e. The fraction of sp³-hybridized carbons (Fsp3) is 0.873. The van der Waals surface area contributed by atoms with Gasteiger partial charge in [0.05, 0.1) is 25.4 Å². The Kier molecular flexibility index (Phi) is 44.0. The van der Waals surface area contributed by atoms with Gasteiger partial charge in [0.1, 0.15) is 49.8 Å². The summed E-state index contributed by atoms with van der Waals surface area (Å²) in [7, 11) is 0. The third-order valence-corrected chi connectivity index (χ3v) is 14.3. The largest absolute Gasteiger partial charge is 1.00 e. The number of aliphatic hydroxyl groups excluding tert-OH is 6. The summed E-state index contributed by atoms with van der Waals surface area (Å²) < 4.78 is 62.1. The predicted molar refractivity (Wildman–Crippen MR) is 289 cm³/mol. The molecule has 20 nitrogen and oxygen atoms in total. The van der Waals surface area contributed by atoms with E-state index >= 15 is 0 Å². The van der Waals surface area contributed by atoms with Crippen LogP contribution in [0.4, 0.5) is 4.79 Å². The van der Waals surface area contributed by atoms with E-state index in [4.69, 9.17) is 23.7 Å². The van der Waals surface area contributed by atoms with Crippen molar-refractivity contribution in [3.8, 4) is 0 Å². The van der Waals surface area contributed by atoms with E-state index in [1.54, 1.807) is 4.90 Å². The Bertz CT molecular complexity index is 1490. The second-order valence-corrected chi connectivity index (χ2v) is 21.5. The summed E-state index contributed by atoms with van der Waals surface area (Å²) in [6, 6.07) is -1.03. The van der Waals surface area contributed by atoms with Crippen molar-refractivity contribution in [2.24, 2.45) is 0 Å². The van der Waals surface area contributed by atoms with Gasteiger partial charge < -0.3 is 73.3 Å². The number of esters is 2. The first-order valence-electron chi connectivity index (χ1n) is 28.9. The van der Waals surface area contributed by atoms with Crippen LogP contribution >= 0.6 is 11.2 Å². The molecule has 0 aromatic rings. The summed E-state index contributed by atoms with van der Waals surface area (Å²) >= 11 is -4.95. The Hall–Kier alpha value is -1.48. The van der Waals surface area contributed by atoms with Gasteiger partial charge in [0.25, 0.3) is 0 Å². The first-order valence-corrected chi connectivity index (χ1v) is 30.3. The molecule has 22 heteroatoms. The van der Waals surface area contributed by atoms with Gasteiger partial charge in [-0.25, -0.2) is 4.79 Å². The van der Waals surface area contributed by atoms with Gasteiger partial charge in [-0.15, -0.1) is 0 Å². The van der Waals surface area contributed by atoms with E-state index in [1.807, 2.05) is 0 Å². The summed E-state index contributed by atoms with van der Waals surface area (Å²) in [5, 5.41) is 65.8. The molecule has 0 aliphatic carbocycles. The van der Waals surface area contributed by atoms with E-state index < -0.39 is 104 Å². The van der Waals surface area contributed by atoms with Crippen molar-refractivity contribution in [2.45, 2.75) is 261 Å². The van der Waals surface area contributed by atoms with Crippen LogP contribution in [0.3, 0.4) is 0 Å². The molecule has 2 saturated heterocycles. The van der Waals surface area contributed by atoms with Gasteiger partial charge in [-0.2, -0.15) is 0 Å². The molecule has 446 valence electrons. The molecule has 77 heavy (non-hydrogen) atoms. The summed E-state index contributed by atoms with van der Waals surface area (Å²) in [6.07, 6.45) is 23.4. The molecule has 0 aromatic carbocycles. The second-order valence-electron chi connectivity index (χ2n) is 20.5. The SMILES string of the molecule is CCCCCCCC/C=C\CCCCCCCC(=O)OCC(COC(=O)CCCCCCC/C=C\CCCCCCCC)OC(=O)NCCCN1C[C@H](O)[C@@H](O[C@@H]2O[C@H](CO)[C@H](O)[C@H](OS([O-])(O)O)[C@H]2O)[C@H](O)[C@H]1CO.[Na+]. The number of unbranched alkanes of at least 4 members (excludes halogenated alkanes) is 22. The Balaban J connectivity index is 0.0000296. The Labute approximate surface area is 484 Å². The molecular weight excluding hydrogens is 1030 g/mol. The van der Waals surface area contributed by atoms with Crippen LogP contribution in [0.1, 0.15) is 200 Å². The minimum atomic E-state index is -4.95. The number of carbonyl (C=O) groups is 3. The molecule has 9 atom stereocenters. The molecule has 2 aliphatic rings. The van der Waals surface area contributed by atoms with Crippen LogP contribution in [0.25, 0.3) is 0 Å². The fourth-order valence-corrected chi connectivity index (χ4v) is 9.87. The molecule has 0 spiro atoms. The normalized spacial score (nSPS) is 23.4. The van der Waals surface area contributed by atoms with Gasteiger partial charge in [0, 0.05) is 43.6 Å². The molecule has 9 N–H and O–H groups in total. The molecule has 2 rings (SSSR count). The van der Waals surface area contributed by atoms with Gasteiger partial charge in [0.2, 0.25) is 0 Å². The quantitative estimate of drug-likeness (QED) is 0.0127. The summed E-state index contributed by atoms with van der Waals surface area (Å²) in [4.78, 5) is 40.0. The summed E-state index contributed by atoms with van der Waals surface area (Å²) in [5.41, 5.74) is 0. The second kappa shape index (κ2) is 46.1. The van der Waals surface area contributed by atoms with Crippen molar-refractivity contribution in [1.82, 2.24) is 10.2 Å². The van der Waals surface area contributed by atoms with Crippen LogP contribution in [-0.4, -0.2) is 174 Å². The van der Waals surface area contributed by atoms with E-state index in [0.717, 1.165) is 77.0 Å². The maximum absolute atomic E-state index is 13.0. The molecule has 0 bridgehead atoms. The number of ether oxygens (including phenoxy) is 5. The van der Waals surface area contributed by atoms with Crippen LogP contribution in [0, 0.1) is 0 Å². The molecule has 2 aliphatic heterocycles. The van der Waals surface area contributed by atoms with Crippen molar-refractivity contribution in [1.29, 1.82) is 0 Å². The van der Waals surface area contributed by atoms with Crippen LogP contribution < -0.4 is 34.9 Å². The number of rotatable bonds is 45. The van der Waals surface area contributed by atoms with Crippen molar-refractivity contribution in [3.05, 3.63) is 24.3 Å². The first kappa shape index (κ1) is 73.5. The number of nitrogens with one attached hydrogen (secondary N) is 1. The topological polar surface area (TPSA) is 307 Å². The molecule has 2 fully saturated rings. The maximum Gasteiger partial charge on any atom is 1.00 e. The van der Waals surface area contributed by atoms with Gasteiger partial charge in [-0.05, 0) is 70.6 Å². The van der Waals surface area contributed by atoms with E-state index in [-0.39, 0.29) is 81.7 Å². The molecule has 2 heterocycles. The standard InChI is InChI=1S/C55H102N2O18S.Na/c1-3-5-7-9-11-13-15-17-19-21-23-25-27-29-31-34-47(61)70-41-43(42-71-48(62)35-32-30-28-26-24-22-20-18-16-14-12-10-8-6-4-2)72-55(66)56-36-33-37-57-38-45(60)52(49(63)44(57)39-58)74-54-51(65)53(75-76(67,68)69)50(64)46(40-59)73-54;/h17-20,43-46,49-54,58-60,63-65,67-69H,3-16,21-42H2,1-2H3,(H,56,66);/q;+1/p-1/b19-17-,20-18-;/t44-,45+,46-,49-,50+,51-,52-,53+,54+;/m1./s1. The van der Waals surface area contributed by atoms with E-state index in [0.29, 0.717) is 12.8 Å². The van der Waals surface area contributed by atoms with Gasteiger partial charge in [0.15, 0.2) is 12.4 Å². The van der Waals surface area contributed by atoms with E-state index in [1.165, 1.54) is 77.0 Å². The van der Waals surface area contributed by atoms with Crippen molar-refractivity contribution < 1.29 is 116 Å². The number of nitrogens with zero attached hydrogens (tertiary/aromatic N) is 1. The molecule has 0 radical (unpaired) electrons. The van der Waals surface area contributed by atoms with Crippen LogP contribution in [0.15, 0.2) is 24.3 Å². The van der Waals surface area contributed by atoms with Crippen molar-refractivity contribution in [2.75, 3.05) is 46.1 Å². The van der Waals surface area contributed by atoms with Gasteiger partial charge in [-0.1, -0.05) is 141 Å². The summed E-state index contributed by atoms with van der Waals surface area (Å²) in [6.45, 7) is 2.33. The average Bonchev–Trinajstić information content (AvgIpc) is 3.39. The molecular formula is C55H101N2NaO18S. The molecule has 0 saturated carbocycles. The number of β-amino-alcohol motifs (C(OH)–C–C–N with tert-alkyl or cyclic N) is 1. The Morgan fingerprint density at radius 2 is 1.09 bits per heavy atom. The monoisotopic (exact) mass is 1130 g/mol. The van der Waals surface area contributed by atoms with Crippen LogP contribution in [0.2, 0.25) is 0 Å². The molecule has 0 aromatic heterocycles. The number of likely N-dealkylation sites (tertiary alicyclic amines) is 1. The summed E-state index contributed by atoms with van der Waals surface area (Å²) in [5.74, 6) is -0.895. The maximum atomic E-state index is 13.0. The number of hydrogen-bond acceptors (Lipinski definition) is 19. The van der Waals surface area contributed by atoms with Gasteiger partial charge >= 0.3 is 47.6 Å². The number of amides is 1. The third kappa shape index (κ3) is 34.5. The zero-order chi connectivity index (χ0) is 55.8. The third-order valence-electron chi connectivity index (χ3n) is 13.8. The van der Waals surface area contributed by atoms with E-state index in [9.17, 15) is 58.7 Å². The predicted octanol–water partition coefficient (Wildman–Crippen LogP) is 5.04. The Morgan fingerprint density at radius 3 is 1.53 bits per heavy atom. The number of allylic oxidation sites excluding steroid dienone is 4. The van der Waals surface area contributed by atoms with E-state index in [2.05, 4.69) is 47.7 Å². The zero-order valence-corrected chi connectivity index (χ0v) is 49.9. The zero-order valence-electron chi connectivity index (χ0n) is 47.1. The number of aliphatic hydroxyl groups is 6. The van der Waals surface area contributed by atoms with Crippen molar-refractivity contribution in [3.63, 3.8) is 0 Å². The Morgan fingerprint density at radius 1 is 0.636 bits per heavy atom. The molecule has 0 unspecified atom stereocenters. The van der Waals surface area contributed by atoms with Crippen molar-refractivity contribution >= 4 is 29.2 Å². The fourth-order valence-electron chi connectivity index (χ4n) is 9.35. The number of carbonyl (C=O) groups excluding carboxylic acids is 3. The number of alkyl carbamates (subject to hydrolysis) is 1. The smallest absolute Gasteiger partial charge is 0.751 e. The average molecular weight is 1130 g/mol. The van der Waals surface area contributed by atoms with Gasteiger partial charge in [-0.3, -0.25) is 18.7 Å². The minimum absolute atomic E-state index is 0. The number of piperidine rings is 1.